The Kier molecular flexibility index (Phi) is 2.87. The molecule has 1 aliphatic rings. The van der Waals surface area contributed by atoms with Crippen LogP contribution < -0.4 is 5.73 Å². The fraction of sp³-hybridized carbons (Fsp3) is 1.00. The first-order valence-electron chi connectivity index (χ1n) is 4.10. The van der Waals surface area contributed by atoms with Crippen LogP contribution in [0, 0.1) is 0 Å². The standard InChI is InChI=1S/C8H17NO2/c1-8(2,9)4-3-7-10-5-6-11-7/h7H,3-6,9H2,1-2H3. The van der Waals surface area contributed by atoms with Crippen molar-refractivity contribution in [3.63, 3.8) is 0 Å². The van der Waals surface area contributed by atoms with Crippen molar-refractivity contribution in [2.75, 3.05) is 13.2 Å². The van der Waals surface area contributed by atoms with Crippen molar-refractivity contribution in [2.45, 2.75) is 38.5 Å². The molecule has 0 amide bonds. The van der Waals surface area contributed by atoms with Gasteiger partial charge < -0.3 is 15.2 Å². The summed E-state index contributed by atoms with van der Waals surface area (Å²) in [5.41, 5.74) is 5.70. The average molecular weight is 159 g/mol. The summed E-state index contributed by atoms with van der Waals surface area (Å²) in [6.45, 7) is 5.50. The van der Waals surface area contributed by atoms with Gasteiger partial charge in [0, 0.05) is 12.0 Å². The molecule has 66 valence electrons. The van der Waals surface area contributed by atoms with E-state index in [0.29, 0.717) is 0 Å². The molecule has 0 aliphatic carbocycles. The predicted molar refractivity (Wildman–Crippen MR) is 43.2 cm³/mol. The van der Waals surface area contributed by atoms with Gasteiger partial charge in [-0.25, -0.2) is 0 Å². The third kappa shape index (κ3) is 3.70. The second kappa shape index (κ2) is 3.52. The molecule has 1 aliphatic heterocycles. The number of rotatable bonds is 3. The maximum absolute atomic E-state index is 5.80. The summed E-state index contributed by atoms with van der Waals surface area (Å²) in [5.74, 6) is 0. The Morgan fingerprint density at radius 1 is 1.36 bits per heavy atom. The zero-order valence-corrected chi connectivity index (χ0v) is 7.30. The Balaban J connectivity index is 2.11. The van der Waals surface area contributed by atoms with Gasteiger partial charge in [0.25, 0.3) is 0 Å². The van der Waals surface area contributed by atoms with Crippen LogP contribution in [0.4, 0.5) is 0 Å². The van der Waals surface area contributed by atoms with E-state index in [1.54, 1.807) is 0 Å². The first-order chi connectivity index (χ1) is 5.08. The lowest BCUT2D eigenvalue weighted by molar-refractivity contribution is -0.0503. The molecule has 0 atom stereocenters. The summed E-state index contributed by atoms with van der Waals surface area (Å²) < 4.78 is 10.5. The minimum Gasteiger partial charge on any atom is -0.350 e. The molecule has 0 aromatic rings. The summed E-state index contributed by atoms with van der Waals surface area (Å²) in [6.07, 6.45) is 1.85. The van der Waals surface area contributed by atoms with Gasteiger partial charge in [0.05, 0.1) is 13.2 Å². The predicted octanol–water partition coefficient (Wildman–Crippen LogP) is 0.877. The minimum absolute atomic E-state index is 0.00201. The van der Waals surface area contributed by atoms with Gasteiger partial charge >= 0.3 is 0 Å². The lowest BCUT2D eigenvalue weighted by Crippen LogP contribution is -2.33. The molecule has 1 rings (SSSR count). The Hall–Kier alpha value is -0.120. The molecule has 1 heterocycles. The van der Waals surface area contributed by atoms with Crippen molar-refractivity contribution in [3.05, 3.63) is 0 Å². The first-order valence-corrected chi connectivity index (χ1v) is 4.10. The Labute approximate surface area is 67.9 Å². The van der Waals surface area contributed by atoms with E-state index in [2.05, 4.69) is 0 Å². The van der Waals surface area contributed by atoms with Crippen LogP contribution in [0.25, 0.3) is 0 Å². The van der Waals surface area contributed by atoms with Crippen LogP contribution in [0.5, 0.6) is 0 Å². The monoisotopic (exact) mass is 159 g/mol. The zero-order chi connectivity index (χ0) is 8.32. The van der Waals surface area contributed by atoms with E-state index in [9.17, 15) is 0 Å². The van der Waals surface area contributed by atoms with Gasteiger partial charge in [0.15, 0.2) is 6.29 Å². The SMILES string of the molecule is CC(C)(N)CCC1OCCO1. The molecule has 3 nitrogen and oxygen atoms in total. The molecule has 1 saturated heterocycles. The quantitative estimate of drug-likeness (QED) is 0.664. The molecular formula is C8H17NO2. The third-order valence-electron chi connectivity index (χ3n) is 1.72. The van der Waals surface area contributed by atoms with Crippen molar-refractivity contribution in [1.29, 1.82) is 0 Å². The largest absolute Gasteiger partial charge is 0.350 e. The molecule has 0 radical (unpaired) electrons. The Bertz CT molecular complexity index is 114. The molecule has 0 saturated carbocycles. The van der Waals surface area contributed by atoms with E-state index < -0.39 is 0 Å². The summed E-state index contributed by atoms with van der Waals surface area (Å²) in [6, 6.07) is 0. The molecule has 3 heteroatoms. The zero-order valence-electron chi connectivity index (χ0n) is 7.30. The average Bonchev–Trinajstić information content (AvgIpc) is 2.32. The highest BCUT2D eigenvalue weighted by atomic mass is 16.7. The highest BCUT2D eigenvalue weighted by Crippen LogP contribution is 2.15. The van der Waals surface area contributed by atoms with Gasteiger partial charge in [-0.1, -0.05) is 0 Å². The van der Waals surface area contributed by atoms with Crippen molar-refractivity contribution in [2.24, 2.45) is 5.73 Å². The van der Waals surface area contributed by atoms with Gasteiger partial charge in [-0.2, -0.15) is 0 Å². The molecule has 2 N–H and O–H groups in total. The molecule has 0 bridgehead atoms. The first kappa shape index (κ1) is 8.97. The van der Waals surface area contributed by atoms with Gasteiger partial charge in [-0.3, -0.25) is 0 Å². The van der Waals surface area contributed by atoms with E-state index >= 15 is 0 Å². The van der Waals surface area contributed by atoms with Crippen LogP contribution in [-0.4, -0.2) is 25.0 Å². The van der Waals surface area contributed by atoms with Crippen molar-refractivity contribution < 1.29 is 9.47 Å². The molecule has 11 heavy (non-hydrogen) atoms. The third-order valence-corrected chi connectivity index (χ3v) is 1.72. The van der Waals surface area contributed by atoms with Crippen LogP contribution in [0.3, 0.4) is 0 Å². The number of ether oxygens (including phenoxy) is 2. The van der Waals surface area contributed by atoms with Crippen molar-refractivity contribution in [3.8, 4) is 0 Å². The van der Waals surface area contributed by atoms with Gasteiger partial charge in [0.2, 0.25) is 0 Å². The van der Waals surface area contributed by atoms with Crippen LogP contribution in [0.2, 0.25) is 0 Å². The lowest BCUT2D eigenvalue weighted by atomic mass is 10.0. The molecular weight excluding hydrogens is 142 g/mol. The van der Waals surface area contributed by atoms with Crippen LogP contribution >= 0.6 is 0 Å². The normalized spacial score (nSPS) is 21.0. The second-order valence-corrected chi connectivity index (χ2v) is 3.70. The molecule has 0 aromatic carbocycles. The van der Waals surface area contributed by atoms with Gasteiger partial charge in [-0.05, 0) is 20.3 Å². The fourth-order valence-corrected chi connectivity index (χ4v) is 1.06. The van der Waals surface area contributed by atoms with E-state index in [-0.39, 0.29) is 11.8 Å². The maximum Gasteiger partial charge on any atom is 0.157 e. The smallest absolute Gasteiger partial charge is 0.157 e. The Morgan fingerprint density at radius 2 is 1.91 bits per heavy atom. The highest BCUT2D eigenvalue weighted by molar-refractivity contribution is 4.72. The van der Waals surface area contributed by atoms with Gasteiger partial charge in [0.1, 0.15) is 0 Å². The topological polar surface area (TPSA) is 44.5 Å². The summed E-state index contributed by atoms with van der Waals surface area (Å²) in [4.78, 5) is 0. The van der Waals surface area contributed by atoms with Crippen molar-refractivity contribution in [1.82, 2.24) is 0 Å². The van der Waals surface area contributed by atoms with Crippen LogP contribution in [-0.2, 0) is 9.47 Å². The summed E-state index contributed by atoms with van der Waals surface area (Å²) in [5, 5.41) is 0. The van der Waals surface area contributed by atoms with E-state index in [1.807, 2.05) is 13.8 Å². The second-order valence-electron chi connectivity index (χ2n) is 3.70. The summed E-state index contributed by atoms with van der Waals surface area (Å²) >= 11 is 0. The van der Waals surface area contributed by atoms with E-state index in [1.165, 1.54) is 0 Å². The van der Waals surface area contributed by atoms with E-state index in [4.69, 9.17) is 15.2 Å². The number of hydrogen-bond donors (Lipinski definition) is 1. The van der Waals surface area contributed by atoms with Gasteiger partial charge in [-0.15, -0.1) is 0 Å². The number of nitrogens with two attached hydrogens (primary N) is 1. The summed E-state index contributed by atoms with van der Waals surface area (Å²) in [7, 11) is 0. The molecule has 1 fully saturated rings. The van der Waals surface area contributed by atoms with E-state index in [0.717, 1.165) is 26.1 Å². The van der Waals surface area contributed by atoms with Crippen molar-refractivity contribution >= 4 is 0 Å². The molecule has 0 spiro atoms. The highest BCUT2D eigenvalue weighted by Gasteiger charge is 2.19. The molecule has 0 aromatic heterocycles. The fourth-order valence-electron chi connectivity index (χ4n) is 1.06. The molecule has 0 unspecified atom stereocenters. The lowest BCUT2D eigenvalue weighted by Gasteiger charge is -2.19. The maximum atomic E-state index is 5.80. The number of hydrogen-bond acceptors (Lipinski definition) is 3. The van der Waals surface area contributed by atoms with Crippen LogP contribution in [0.1, 0.15) is 26.7 Å². The minimum atomic E-state index is -0.102. The Morgan fingerprint density at radius 3 is 2.36 bits per heavy atom. The van der Waals surface area contributed by atoms with Crippen LogP contribution in [0.15, 0.2) is 0 Å².